The van der Waals surface area contributed by atoms with E-state index in [2.05, 4.69) is 228 Å². The van der Waals surface area contributed by atoms with Crippen LogP contribution in [0.25, 0.3) is 76.5 Å². The van der Waals surface area contributed by atoms with Crippen molar-refractivity contribution in [2.24, 2.45) is 0 Å². The maximum atomic E-state index is 2.51. The molecule has 2 heteroatoms. The second-order valence-electron chi connectivity index (χ2n) is 16.7. The van der Waals surface area contributed by atoms with Crippen molar-refractivity contribution in [3.05, 3.63) is 241 Å². The molecule has 10 aromatic rings. The SMILES string of the molecule is C1=C(c2ccccc2)CCC(N(c2ccc(C3=CCCC=C3c3ccc(-n4c5ccccc5c5cc6ccccc6cc54)cc3)cc2)c2cc3ccccc3c3ccccc23)=C1. The topological polar surface area (TPSA) is 8.17 Å². The fourth-order valence-corrected chi connectivity index (χ4v) is 10.1. The number of nitrogens with zero attached hydrogens (tertiary/aromatic N) is 2. The summed E-state index contributed by atoms with van der Waals surface area (Å²) in [6.07, 6.45) is 13.6. The molecule has 0 aliphatic heterocycles. The molecule has 12 rings (SSSR count). The Hall–Kier alpha value is -7.68. The van der Waals surface area contributed by atoms with Crippen molar-refractivity contribution < 1.29 is 0 Å². The Labute approximate surface area is 362 Å². The van der Waals surface area contributed by atoms with Gasteiger partial charge in [0.25, 0.3) is 0 Å². The van der Waals surface area contributed by atoms with Crippen LogP contribution in [0, 0.1) is 0 Å². The highest BCUT2D eigenvalue weighted by Crippen LogP contribution is 2.44. The van der Waals surface area contributed by atoms with Crippen molar-refractivity contribution in [1.82, 2.24) is 4.57 Å². The Morgan fingerprint density at radius 1 is 0.387 bits per heavy atom. The largest absolute Gasteiger partial charge is 0.314 e. The lowest BCUT2D eigenvalue weighted by Crippen LogP contribution is -2.18. The minimum atomic E-state index is 0.947. The molecular formula is C60H44N2. The van der Waals surface area contributed by atoms with E-state index in [0.29, 0.717) is 0 Å². The van der Waals surface area contributed by atoms with Gasteiger partial charge in [-0.25, -0.2) is 0 Å². The zero-order valence-corrected chi connectivity index (χ0v) is 34.5. The second-order valence-corrected chi connectivity index (χ2v) is 16.7. The van der Waals surface area contributed by atoms with Crippen molar-refractivity contribution >= 4 is 82.2 Å². The summed E-state index contributed by atoms with van der Waals surface area (Å²) in [4.78, 5) is 2.51. The standard InChI is InChI=1S/C60H44N2/c1-2-14-41(15-3-1)42-26-32-48(33-27-42)61(59-40-47-18-6-7-21-53(47)54-22-10-11-23-55(54)59)49-34-28-43(29-35-49)51-19-8-9-20-52(51)44-30-36-50(37-31-44)62-58-25-13-12-24-56(58)57-38-45-16-4-5-17-46(45)39-60(57)62/h1-7,10-26,28-32,34-40H,8-9,27,33H2. The van der Waals surface area contributed by atoms with Crippen LogP contribution in [-0.4, -0.2) is 4.57 Å². The first kappa shape index (κ1) is 36.2. The molecule has 0 saturated carbocycles. The number of fused-ring (bicyclic) bond motifs is 7. The fraction of sp³-hybridized carbons (Fsp3) is 0.0667. The molecule has 0 N–H and O–H groups in total. The molecule has 2 aliphatic rings. The summed E-state index contributed by atoms with van der Waals surface area (Å²) in [5.41, 5.74) is 15.1. The van der Waals surface area contributed by atoms with Crippen LogP contribution in [-0.2, 0) is 0 Å². The number of rotatable bonds is 7. The van der Waals surface area contributed by atoms with Crippen molar-refractivity contribution in [3.8, 4) is 5.69 Å². The van der Waals surface area contributed by atoms with Crippen molar-refractivity contribution in [2.45, 2.75) is 25.7 Å². The van der Waals surface area contributed by atoms with Gasteiger partial charge in [-0.05, 0) is 141 Å². The third kappa shape index (κ3) is 6.18. The van der Waals surface area contributed by atoms with E-state index < -0.39 is 0 Å². The minimum absolute atomic E-state index is 0.947. The van der Waals surface area contributed by atoms with E-state index in [1.165, 1.54) is 110 Å². The van der Waals surface area contributed by atoms with E-state index >= 15 is 0 Å². The van der Waals surface area contributed by atoms with E-state index in [1.54, 1.807) is 0 Å². The van der Waals surface area contributed by atoms with Crippen molar-refractivity contribution in [2.75, 3.05) is 4.90 Å². The van der Waals surface area contributed by atoms with Gasteiger partial charge in [0.1, 0.15) is 0 Å². The molecule has 1 aromatic heterocycles. The van der Waals surface area contributed by atoms with Gasteiger partial charge < -0.3 is 9.47 Å². The minimum Gasteiger partial charge on any atom is -0.314 e. The highest BCUT2D eigenvalue weighted by atomic mass is 15.1. The monoisotopic (exact) mass is 792 g/mol. The average Bonchev–Trinajstić information content (AvgIpc) is 3.67. The second kappa shape index (κ2) is 15.1. The number of hydrogen-bond donors (Lipinski definition) is 0. The van der Waals surface area contributed by atoms with Gasteiger partial charge in [-0.15, -0.1) is 0 Å². The van der Waals surface area contributed by atoms with Crippen LogP contribution in [0.1, 0.15) is 42.4 Å². The molecule has 9 aromatic carbocycles. The zero-order chi connectivity index (χ0) is 41.0. The Kier molecular flexibility index (Phi) is 8.81. The van der Waals surface area contributed by atoms with Crippen LogP contribution in [0.15, 0.2) is 224 Å². The first-order chi connectivity index (χ1) is 30.7. The third-order valence-electron chi connectivity index (χ3n) is 13.1. The predicted octanol–water partition coefficient (Wildman–Crippen LogP) is 16.4. The van der Waals surface area contributed by atoms with Gasteiger partial charge >= 0.3 is 0 Å². The molecule has 0 atom stereocenters. The molecule has 62 heavy (non-hydrogen) atoms. The number of anilines is 2. The van der Waals surface area contributed by atoms with E-state index in [-0.39, 0.29) is 0 Å². The van der Waals surface area contributed by atoms with Crippen molar-refractivity contribution in [3.63, 3.8) is 0 Å². The lowest BCUT2D eigenvalue weighted by molar-refractivity contribution is 0.932. The van der Waals surface area contributed by atoms with Crippen LogP contribution < -0.4 is 4.90 Å². The predicted molar refractivity (Wildman–Crippen MR) is 265 cm³/mol. The summed E-state index contributed by atoms with van der Waals surface area (Å²) >= 11 is 0. The molecule has 0 saturated heterocycles. The smallest absolute Gasteiger partial charge is 0.0547 e. The van der Waals surface area contributed by atoms with Crippen LogP contribution in [0.2, 0.25) is 0 Å². The Morgan fingerprint density at radius 3 is 1.69 bits per heavy atom. The van der Waals surface area contributed by atoms with Gasteiger partial charge in [0, 0.05) is 33.2 Å². The number of para-hydroxylation sites is 1. The third-order valence-corrected chi connectivity index (χ3v) is 13.1. The molecule has 294 valence electrons. The number of allylic oxidation sites excluding steroid dienone is 8. The highest BCUT2D eigenvalue weighted by Gasteiger charge is 2.22. The molecule has 0 amide bonds. The summed E-state index contributed by atoms with van der Waals surface area (Å²) < 4.78 is 2.43. The van der Waals surface area contributed by atoms with Crippen LogP contribution in [0.4, 0.5) is 11.4 Å². The molecule has 2 aliphatic carbocycles. The Bertz CT molecular complexity index is 3490. The Balaban J connectivity index is 0.914. The van der Waals surface area contributed by atoms with E-state index in [9.17, 15) is 0 Å². The number of benzene rings is 9. The van der Waals surface area contributed by atoms with E-state index in [1.807, 2.05) is 0 Å². The van der Waals surface area contributed by atoms with Gasteiger partial charge in [0.15, 0.2) is 0 Å². The normalized spacial score (nSPS) is 14.3. The number of hydrogen-bond acceptors (Lipinski definition) is 1. The zero-order valence-electron chi connectivity index (χ0n) is 34.5. The summed E-state index contributed by atoms with van der Waals surface area (Å²) in [5.74, 6) is 0. The molecule has 0 bridgehead atoms. The van der Waals surface area contributed by atoms with Crippen LogP contribution in [0.5, 0.6) is 0 Å². The van der Waals surface area contributed by atoms with Crippen LogP contribution >= 0.6 is 0 Å². The van der Waals surface area contributed by atoms with Gasteiger partial charge in [-0.3, -0.25) is 0 Å². The van der Waals surface area contributed by atoms with Gasteiger partial charge in [0.05, 0.1) is 16.7 Å². The van der Waals surface area contributed by atoms with Gasteiger partial charge in [-0.1, -0.05) is 164 Å². The number of aromatic nitrogens is 1. The Morgan fingerprint density at radius 2 is 0.984 bits per heavy atom. The van der Waals surface area contributed by atoms with Gasteiger partial charge in [-0.2, -0.15) is 0 Å². The van der Waals surface area contributed by atoms with Crippen LogP contribution in [0.3, 0.4) is 0 Å². The van der Waals surface area contributed by atoms with Crippen molar-refractivity contribution in [1.29, 1.82) is 0 Å². The fourth-order valence-electron chi connectivity index (χ4n) is 10.1. The lowest BCUT2D eigenvalue weighted by atomic mass is 9.87. The maximum Gasteiger partial charge on any atom is 0.0547 e. The molecular weight excluding hydrogens is 749 g/mol. The maximum absolute atomic E-state index is 2.51. The van der Waals surface area contributed by atoms with Gasteiger partial charge in [0.2, 0.25) is 0 Å². The molecule has 0 unspecified atom stereocenters. The summed E-state index contributed by atoms with van der Waals surface area (Å²) in [6.45, 7) is 0. The summed E-state index contributed by atoms with van der Waals surface area (Å²) in [7, 11) is 0. The highest BCUT2D eigenvalue weighted by molar-refractivity contribution is 6.15. The van der Waals surface area contributed by atoms with E-state index in [4.69, 9.17) is 0 Å². The first-order valence-corrected chi connectivity index (χ1v) is 21.9. The quantitative estimate of drug-likeness (QED) is 0.146. The molecule has 2 nitrogen and oxygen atoms in total. The lowest BCUT2D eigenvalue weighted by Gasteiger charge is -2.31. The summed E-state index contributed by atoms with van der Waals surface area (Å²) in [5, 5.41) is 10.2. The molecule has 0 radical (unpaired) electrons. The first-order valence-electron chi connectivity index (χ1n) is 21.9. The molecule has 1 heterocycles. The molecule has 0 fully saturated rings. The average molecular weight is 793 g/mol. The molecule has 0 spiro atoms. The summed E-state index contributed by atoms with van der Waals surface area (Å²) in [6, 6.07) is 71.6. The van der Waals surface area contributed by atoms with E-state index in [0.717, 1.165) is 25.7 Å².